The van der Waals surface area contributed by atoms with Crippen LogP contribution in [0.3, 0.4) is 0 Å². The highest BCUT2D eigenvalue weighted by molar-refractivity contribution is 6.31. The van der Waals surface area contributed by atoms with Crippen molar-refractivity contribution in [2.24, 2.45) is 5.73 Å². The Labute approximate surface area is 163 Å². The standard InChI is InChI=1S/C20H22ClN3O3/c1-26-8-9-27-19-11-16(6-7-17(19)15(12-22)13-23)24-20(25)10-14-4-2-3-5-18(14)21/h2-7,11-13,22H,8-10,23H2,1H3,(H,24,25)/b15-13+,22-12?. The van der Waals surface area contributed by atoms with E-state index < -0.39 is 0 Å². The summed E-state index contributed by atoms with van der Waals surface area (Å²) in [5.74, 6) is 0.308. The van der Waals surface area contributed by atoms with Gasteiger partial charge in [0.15, 0.2) is 0 Å². The number of carbonyl (C=O) groups is 1. The first kappa shape index (κ1) is 20.5. The van der Waals surface area contributed by atoms with Gasteiger partial charge in [-0.2, -0.15) is 0 Å². The van der Waals surface area contributed by atoms with Gasteiger partial charge in [-0.15, -0.1) is 0 Å². The maximum atomic E-state index is 12.3. The van der Waals surface area contributed by atoms with Crippen molar-refractivity contribution in [3.8, 4) is 5.75 Å². The van der Waals surface area contributed by atoms with Crippen LogP contribution < -0.4 is 15.8 Å². The molecule has 2 rings (SSSR count). The summed E-state index contributed by atoms with van der Waals surface area (Å²) in [5.41, 5.74) is 8.08. The zero-order valence-corrected chi connectivity index (χ0v) is 15.8. The number of ether oxygens (including phenoxy) is 2. The van der Waals surface area contributed by atoms with E-state index in [-0.39, 0.29) is 12.3 Å². The second-order valence-electron chi connectivity index (χ2n) is 5.63. The van der Waals surface area contributed by atoms with Crippen molar-refractivity contribution in [1.29, 1.82) is 5.41 Å². The molecular weight excluding hydrogens is 366 g/mol. The van der Waals surface area contributed by atoms with Gasteiger partial charge in [-0.05, 0) is 23.8 Å². The fraction of sp³-hybridized carbons (Fsp3) is 0.200. The Morgan fingerprint density at radius 3 is 2.70 bits per heavy atom. The molecule has 0 bridgehead atoms. The molecule has 2 aromatic carbocycles. The summed E-state index contributed by atoms with van der Waals surface area (Å²) in [6.07, 6.45) is 2.64. The Morgan fingerprint density at radius 2 is 2.04 bits per heavy atom. The average molecular weight is 388 g/mol. The van der Waals surface area contributed by atoms with Crippen molar-refractivity contribution in [2.75, 3.05) is 25.6 Å². The lowest BCUT2D eigenvalue weighted by Crippen LogP contribution is -2.15. The second kappa shape index (κ2) is 10.4. The van der Waals surface area contributed by atoms with Gasteiger partial charge in [0.1, 0.15) is 12.4 Å². The largest absolute Gasteiger partial charge is 0.490 e. The first-order valence-electron chi connectivity index (χ1n) is 8.30. The number of benzene rings is 2. The molecule has 0 aliphatic heterocycles. The summed E-state index contributed by atoms with van der Waals surface area (Å²) in [6.45, 7) is 0.741. The SMILES string of the molecule is COCCOc1cc(NC(=O)Cc2ccccc2Cl)ccc1/C(C=N)=C/N. The third-order valence-corrected chi connectivity index (χ3v) is 4.13. The number of rotatable bonds is 9. The lowest BCUT2D eigenvalue weighted by atomic mass is 10.1. The van der Waals surface area contributed by atoms with E-state index in [2.05, 4.69) is 5.32 Å². The number of nitrogens with two attached hydrogens (primary N) is 1. The molecule has 4 N–H and O–H groups in total. The van der Waals surface area contributed by atoms with E-state index in [1.54, 1.807) is 31.4 Å². The molecule has 7 heteroatoms. The number of hydrogen-bond donors (Lipinski definition) is 3. The van der Waals surface area contributed by atoms with Gasteiger partial charge >= 0.3 is 0 Å². The van der Waals surface area contributed by atoms with Crippen molar-refractivity contribution in [3.63, 3.8) is 0 Å². The second-order valence-corrected chi connectivity index (χ2v) is 6.04. The number of amides is 1. The van der Waals surface area contributed by atoms with Gasteiger partial charge in [0.2, 0.25) is 5.91 Å². The first-order valence-corrected chi connectivity index (χ1v) is 8.68. The molecule has 0 spiro atoms. The number of methoxy groups -OCH3 is 1. The number of allylic oxidation sites excluding steroid dienone is 1. The van der Waals surface area contributed by atoms with Gasteiger partial charge in [-0.25, -0.2) is 0 Å². The van der Waals surface area contributed by atoms with Crippen LogP contribution in [-0.4, -0.2) is 32.4 Å². The van der Waals surface area contributed by atoms with Crippen molar-refractivity contribution in [3.05, 3.63) is 64.8 Å². The summed E-state index contributed by atoms with van der Waals surface area (Å²) in [4.78, 5) is 12.3. The van der Waals surface area contributed by atoms with Crippen molar-refractivity contribution < 1.29 is 14.3 Å². The van der Waals surface area contributed by atoms with E-state index in [1.807, 2.05) is 18.2 Å². The Bertz CT molecular complexity index is 837. The summed E-state index contributed by atoms with van der Waals surface area (Å²) in [5, 5.41) is 10.9. The minimum atomic E-state index is -0.194. The topological polar surface area (TPSA) is 97.4 Å². The molecule has 0 unspecified atom stereocenters. The molecule has 0 atom stereocenters. The maximum absolute atomic E-state index is 12.3. The molecule has 0 saturated carbocycles. The van der Waals surface area contributed by atoms with E-state index in [0.29, 0.717) is 40.8 Å². The van der Waals surface area contributed by atoms with Crippen LogP contribution in [0.5, 0.6) is 5.75 Å². The van der Waals surface area contributed by atoms with Gasteiger partial charge in [-0.1, -0.05) is 29.8 Å². The summed E-state index contributed by atoms with van der Waals surface area (Å²) in [6, 6.07) is 12.4. The Morgan fingerprint density at radius 1 is 1.26 bits per heavy atom. The zero-order valence-electron chi connectivity index (χ0n) is 15.0. The molecule has 0 heterocycles. The molecule has 0 fully saturated rings. The number of carbonyl (C=O) groups excluding carboxylic acids is 1. The van der Waals surface area contributed by atoms with Crippen LogP contribution in [0.2, 0.25) is 5.02 Å². The van der Waals surface area contributed by atoms with E-state index >= 15 is 0 Å². The minimum absolute atomic E-state index is 0.162. The van der Waals surface area contributed by atoms with E-state index in [9.17, 15) is 4.79 Å². The molecule has 0 aromatic heterocycles. The van der Waals surface area contributed by atoms with Crippen LogP contribution in [0.1, 0.15) is 11.1 Å². The molecule has 2 aromatic rings. The van der Waals surface area contributed by atoms with Crippen molar-refractivity contribution in [2.45, 2.75) is 6.42 Å². The monoisotopic (exact) mass is 387 g/mol. The highest BCUT2D eigenvalue weighted by atomic mass is 35.5. The summed E-state index contributed by atoms with van der Waals surface area (Å²) >= 11 is 6.10. The number of anilines is 1. The van der Waals surface area contributed by atoms with Crippen LogP contribution in [0.4, 0.5) is 5.69 Å². The number of hydrogen-bond acceptors (Lipinski definition) is 5. The van der Waals surface area contributed by atoms with Crippen LogP contribution in [0.25, 0.3) is 5.57 Å². The van der Waals surface area contributed by atoms with E-state index in [0.717, 1.165) is 11.8 Å². The van der Waals surface area contributed by atoms with E-state index in [4.69, 9.17) is 32.2 Å². The molecule has 6 nitrogen and oxygen atoms in total. The lowest BCUT2D eigenvalue weighted by Gasteiger charge is -2.14. The Balaban J connectivity index is 2.18. The maximum Gasteiger partial charge on any atom is 0.228 e. The fourth-order valence-electron chi connectivity index (χ4n) is 2.43. The van der Waals surface area contributed by atoms with Gasteiger partial charge < -0.3 is 25.9 Å². The van der Waals surface area contributed by atoms with Gasteiger partial charge in [0, 0.05) is 47.4 Å². The van der Waals surface area contributed by atoms with Gasteiger partial charge in [0.25, 0.3) is 0 Å². The smallest absolute Gasteiger partial charge is 0.228 e. The van der Waals surface area contributed by atoms with Crippen LogP contribution in [0, 0.1) is 5.41 Å². The zero-order chi connectivity index (χ0) is 19.6. The third kappa shape index (κ3) is 5.84. The predicted molar refractivity (Wildman–Crippen MR) is 109 cm³/mol. The highest BCUT2D eigenvalue weighted by Gasteiger charge is 2.12. The summed E-state index contributed by atoms with van der Waals surface area (Å²) < 4.78 is 10.7. The molecular formula is C20H22ClN3O3. The highest BCUT2D eigenvalue weighted by Crippen LogP contribution is 2.28. The average Bonchev–Trinajstić information content (AvgIpc) is 2.66. The Hall–Kier alpha value is -2.83. The molecule has 142 valence electrons. The molecule has 0 aliphatic carbocycles. The molecule has 0 radical (unpaired) electrons. The molecule has 1 amide bonds. The molecule has 0 saturated heterocycles. The number of halogens is 1. The lowest BCUT2D eigenvalue weighted by molar-refractivity contribution is -0.115. The van der Waals surface area contributed by atoms with Crippen molar-refractivity contribution in [1.82, 2.24) is 0 Å². The van der Waals surface area contributed by atoms with E-state index in [1.165, 1.54) is 6.20 Å². The van der Waals surface area contributed by atoms with Gasteiger partial charge in [0.05, 0.1) is 13.0 Å². The predicted octanol–water partition coefficient (Wildman–Crippen LogP) is 3.50. The minimum Gasteiger partial charge on any atom is -0.490 e. The van der Waals surface area contributed by atoms with Gasteiger partial charge in [-0.3, -0.25) is 4.79 Å². The first-order chi connectivity index (χ1) is 13.1. The molecule has 0 aliphatic rings. The van der Waals surface area contributed by atoms with Crippen LogP contribution in [-0.2, 0) is 16.0 Å². The Kier molecular flexibility index (Phi) is 7.85. The third-order valence-electron chi connectivity index (χ3n) is 3.77. The van der Waals surface area contributed by atoms with Crippen LogP contribution >= 0.6 is 11.6 Å². The molecule has 27 heavy (non-hydrogen) atoms. The number of nitrogens with one attached hydrogen (secondary N) is 2. The van der Waals surface area contributed by atoms with Crippen molar-refractivity contribution >= 4 is 35.0 Å². The normalized spacial score (nSPS) is 11.1. The van der Waals surface area contributed by atoms with Crippen LogP contribution in [0.15, 0.2) is 48.7 Å². The quantitative estimate of drug-likeness (QED) is 0.453. The fourth-order valence-corrected chi connectivity index (χ4v) is 2.63. The summed E-state index contributed by atoms with van der Waals surface area (Å²) in [7, 11) is 1.58.